The van der Waals surface area contributed by atoms with Crippen LogP contribution < -0.4 is 4.90 Å². The monoisotopic (exact) mass is 367 g/mol. The van der Waals surface area contributed by atoms with E-state index in [1.54, 1.807) is 0 Å². The maximum Gasteiger partial charge on any atom is 0.0450 e. The molecule has 0 fully saturated rings. The van der Waals surface area contributed by atoms with Gasteiger partial charge in [-0.05, 0) is 42.3 Å². The van der Waals surface area contributed by atoms with Gasteiger partial charge in [-0.3, -0.25) is 0 Å². The molecule has 0 amide bonds. The molecule has 2 rings (SSSR count). The summed E-state index contributed by atoms with van der Waals surface area (Å²) in [6, 6.07) is 14.8. The summed E-state index contributed by atoms with van der Waals surface area (Å²) in [4.78, 5) is 2.23. The van der Waals surface area contributed by atoms with Crippen LogP contribution in [0, 0.1) is 6.92 Å². The molecule has 0 N–H and O–H groups in total. The Morgan fingerprint density at radius 3 is 2.44 bits per heavy atom. The number of alkyl halides is 1. The number of hydrogen-bond acceptors (Lipinski definition) is 1. The molecule has 1 nitrogen and oxygen atoms in total. The van der Waals surface area contributed by atoms with E-state index >= 15 is 0 Å². The Labute approximate surface area is 125 Å². The van der Waals surface area contributed by atoms with Crippen molar-refractivity contribution in [2.24, 2.45) is 0 Å². The predicted molar refractivity (Wildman–Crippen MR) is 86.0 cm³/mol. The van der Waals surface area contributed by atoms with Crippen molar-refractivity contribution < 1.29 is 0 Å². The fourth-order valence-electron chi connectivity index (χ4n) is 2.06. The minimum absolute atomic E-state index is 0.845. The molecule has 0 aliphatic rings. The molecule has 0 aliphatic heterocycles. The number of rotatable bonds is 3. The van der Waals surface area contributed by atoms with E-state index < -0.39 is 0 Å². The molecule has 0 unspecified atom stereocenters. The lowest BCUT2D eigenvalue weighted by Gasteiger charge is -2.24. The van der Waals surface area contributed by atoms with Crippen molar-refractivity contribution in [1.29, 1.82) is 0 Å². The molecule has 0 spiro atoms. The van der Waals surface area contributed by atoms with E-state index in [2.05, 4.69) is 93.2 Å². The van der Waals surface area contributed by atoms with Gasteiger partial charge >= 0.3 is 0 Å². The fourth-order valence-corrected chi connectivity index (χ4v) is 2.92. The van der Waals surface area contributed by atoms with Gasteiger partial charge in [-0.2, -0.15) is 0 Å². The highest BCUT2D eigenvalue weighted by atomic mass is 79.9. The maximum absolute atomic E-state index is 3.55. The first-order chi connectivity index (χ1) is 8.63. The summed E-state index contributed by atoms with van der Waals surface area (Å²) in [6.45, 7) is 2.14. The molecule has 0 atom stereocenters. The molecule has 0 bridgehead atoms. The summed E-state index contributed by atoms with van der Waals surface area (Å²) in [5, 5.41) is 0.845. The smallest absolute Gasteiger partial charge is 0.0450 e. The molecule has 0 saturated heterocycles. The predicted octanol–water partition coefficient (Wildman–Crippen LogP) is 5.42. The van der Waals surface area contributed by atoms with Gasteiger partial charge in [0.15, 0.2) is 0 Å². The van der Waals surface area contributed by atoms with Crippen LogP contribution in [0.15, 0.2) is 46.9 Å². The summed E-state index contributed by atoms with van der Waals surface area (Å²) >= 11 is 7.07. The molecule has 2 aromatic carbocycles. The molecule has 2 aromatic rings. The first kappa shape index (κ1) is 13.6. The second-order valence-corrected chi connectivity index (χ2v) is 5.73. The average Bonchev–Trinajstić information content (AvgIpc) is 2.38. The van der Waals surface area contributed by atoms with E-state index in [0.29, 0.717) is 0 Å². The number of nitrogens with zero attached hydrogens (tertiary/aromatic N) is 1. The average molecular weight is 369 g/mol. The zero-order valence-corrected chi connectivity index (χ0v) is 13.6. The van der Waals surface area contributed by atoms with Crippen molar-refractivity contribution in [2.75, 3.05) is 11.9 Å². The summed E-state index contributed by atoms with van der Waals surface area (Å²) in [7, 11) is 2.11. The van der Waals surface area contributed by atoms with E-state index in [1.807, 2.05) is 0 Å². The number of hydrogen-bond donors (Lipinski definition) is 0. The van der Waals surface area contributed by atoms with Gasteiger partial charge in [0.25, 0.3) is 0 Å². The van der Waals surface area contributed by atoms with Crippen LogP contribution in [0.3, 0.4) is 0 Å². The quantitative estimate of drug-likeness (QED) is 0.653. The Morgan fingerprint density at radius 1 is 1.06 bits per heavy atom. The van der Waals surface area contributed by atoms with Crippen LogP contribution in [-0.2, 0) is 5.33 Å². The van der Waals surface area contributed by atoms with Crippen molar-refractivity contribution in [2.45, 2.75) is 12.3 Å². The SMILES string of the molecule is Cc1ccccc1N(C)c1ccc(Br)cc1CBr. The zero-order chi connectivity index (χ0) is 13.1. The Hall–Kier alpha value is -0.800. The van der Waals surface area contributed by atoms with Gasteiger partial charge in [-0.25, -0.2) is 0 Å². The maximum atomic E-state index is 3.55. The van der Waals surface area contributed by atoms with Crippen molar-refractivity contribution >= 4 is 43.2 Å². The lowest BCUT2D eigenvalue weighted by Crippen LogP contribution is -2.12. The van der Waals surface area contributed by atoms with E-state index in [-0.39, 0.29) is 0 Å². The summed E-state index contributed by atoms with van der Waals surface area (Å²) in [5.41, 5.74) is 5.02. The number of para-hydroxylation sites is 1. The highest BCUT2D eigenvalue weighted by Gasteiger charge is 2.10. The molecular weight excluding hydrogens is 354 g/mol. The Balaban J connectivity index is 2.46. The number of halogens is 2. The fraction of sp³-hybridized carbons (Fsp3) is 0.200. The van der Waals surface area contributed by atoms with E-state index in [1.165, 1.54) is 22.5 Å². The third kappa shape index (κ3) is 2.78. The Bertz CT molecular complexity index is 552. The molecule has 0 aliphatic carbocycles. The minimum Gasteiger partial charge on any atom is -0.344 e. The third-order valence-corrected chi connectivity index (χ3v) is 4.12. The van der Waals surface area contributed by atoms with Gasteiger partial charge < -0.3 is 4.90 Å². The van der Waals surface area contributed by atoms with Crippen molar-refractivity contribution in [3.63, 3.8) is 0 Å². The van der Waals surface area contributed by atoms with Crippen LogP contribution in [0.4, 0.5) is 11.4 Å². The highest BCUT2D eigenvalue weighted by molar-refractivity contribution is 9.10. The van der Waals surface area contributed by atoms with E-state index in [4.69, 9.17) is 0 Å². The first-order valence-electron chi connectivity index (χ1n) is 5.77. The topological polar surface area (TPSA) is 3.24 Å². The van der Waals surface area contributed by atoms with Gasteiger partial charge in [0.05, 0.1) is 0 Å². The molecule has 18 heavy (non-hydrogen) atoms. The first-order valence-corrected chi connectivity index (χ1v) is 7.68. The molecule has 3 heteroatoms. The van der Waals surface area contributed by atoms with E-state index in [0.717, 1.165) is 9.80 Å². The lowest BCUT2D eigenvalue weighted by molar-refractivity contribution is 1.16. The summed E-state index contributed by atoms with van der Waals surface area (Å²) in [6.07, 6.45) is 0. The minimum atomic E-state index is 0.845. The second kappa shape index (κ2) is 5.89. The van der Waals surface area contributed by atoms with Crippen LogP contribution in [-0.4, -0.2) is 7.05 Å². The van der Waals surface area contributed by atoms with Gasteiger partial charge in [-0.15, -0.1) is 0 Å². The van der Waals surface area contributed by atoms with Crippen LogP contribution in [0.5, 0.6) is 0 Å². The Kier molecular flexibility index (Phi) is 4.46. The van der Waals surface area contributed by atoms with Gasteiger partial charge in [0.2, 0.25) is 0 Å². The lowest BCUT2D eigenvalue weighted by atomic mass is 10.1. The molecule has 94 valence electrons. The van der Waals surface area contributed by atoms with Crippen molar-refractivity contribution in [1.82, 2.24) is 0 Å². The highest BCUT2D eigenvalue weighted by Crippen LogP contribution is 2.32. The number of anilines is 2. The third-order valence-electron chi connectivity index (χ3n) is 3.02. The van der Waals surface area contributed by atoms with E-state index in [9.17, 15) is 0 Å². The van der Waals surface area contributed by atoms with Crippen LogP contribution in [0.25, 0.3) is 0 Å². The second-order valence-electron chi connectivity index (χ2n) is 4.25. The van der Waals surface area contributed by atoms with Crippen LogP contribution >= 0.6 is 31.9 Å². The molecule has 0 saturated carbocycles. The molecule has 0 aromatic heterocycles. The zero-order valence-electron chi connectivity index (χ0n) is 10.5. The summed E-state index contributed by atoms with van der Waals surface area (Å²) < 4.78 is 1.11. The largest absolute Gasteiger partial charge is 0.344 e. The van der Waals surface area contributed by atoms with Gasteiger partial charge in [0, 0.05) is 28.2 Å². The standard InChI is InChI=1S/C15H15Br2N/c1-11-5-3-4-6-14(11)18(2)15-8-7-13(17)9-12(15)10-16/h3-9H,10H2,1-2H3. The normalized spacial score (nSPS) is 10.4. The van der Waals surface area contributed by atoms with Crippen molar-refractivity contribution in [3.8, 4) is 0 Å². The van der Waals surface area contributed by atoms with Gasteiger partial charge in [0.1, 0.15) is 0 Å². The number of benzene rings is 2. The molecular formula is C15H15Br2N. The van der Waals surface area contributed by atoms with Gasteiger partial charge in [-0.1, -0.05) is 50.1 Å². The van der Waals surface area contributed by atoms with Crippen molar-refractivity contribution in [3.05, 3.63) is 58.1 Å². The number of aryl methyl sites for hydroxylation is 1. The molecule has 0 radical (unpaired) electrons. The summed E-state index contributed by atoms with van der Waals surface area (Å²) in [5.74, 6) is 0. The van der Waals surface area contributed by atoms with Crippen LogP contribution in [0.1, 0.15) is 11.1 Å². The molecule has 0 heterocycles. The van der Waals surface area contributed by atoms with Crippen LogP contribution in [0.2, 0.25) is 0 Å². The Morgan fingerprint density at radius 2 is 1.78 bits per heavy atom.